The van der Waals surface area contributed by atoms with Gasteiger partial charge < -0.3 is 19.6 Å². The summed E-state index contributed by atoms with van der Waals surface area (Å²) in [4.78, 5) is 28.9. The molecule has 0 spiro atoms. The maximum atomic E-state index is 12.3. The Morgan fingerprint density at radius 3 is 3.09 bits per heavy atom. The summed E-state index contributed by atoms with van der Waals surface area (Å²) in [5.41, 5.74) is 2.07. The second-order valence-electron chi connectivity index (χ2n) is 5.39. The summed E-state index contributed by atoms with van der Waals surface area (Å²) in [6.45, 7) is 2.97. The Morgan fingerprint density at radius 1 is 1.50 bits per heavy atom. The van der Waals surface area contributed by atoms with E-state index in [4.69, 9.17) is 16.6 Å². The molecule has 1 aromatic heterocycles. The molecule has 1 saturated heterocycles. The van der Waals surface area contributed by atoms with Gasteiger partial charge >= 0.3 is 0 Å². The van der Waals surface area contributed by atoms with E-state index in [1.54, 1.807) is 17.0 Å². The number of oxazole rings is 1. The number of nitrogens with one attached hydrogen (secondary N) is 2. The van der Waals surface area contributed by atoms with Gasteiger partial charge in [-0.2, -0.15) is 0 Å². The number of carbonyl (C=O) groups excluding carboxylic acids is 2. The fraction of sp³-hybridized carbons (Fsp3) is 0.400. The summed E-state index contributed by atoms with van der Waals surface area (Å²) in [7, 11) is 0. The van der Waals surface area contributed by atoms with Crippen LogP contribution >= 0.6 is 12.2 Å². The van der Waals surface area contributed by atoms with Crippen LogP contribution in [0.4, 0.5) is 5.69 Å². The summed E-state index contributed by atoms with van der Waals surface area (Å²) in [6, 6.07) is 5.35. The summed E-state index contributed by atoms with van der Waals surface area (Å²) >= 11 is 4.93. The Bertz CT molecular complexity index is 780. The van der Waals surface area contributed by atoms with E-state index < -0.39 is 0 Å². The van der Waals surface area contributed by atoms with Crippen molar-refractivity contribution in [2.45, 2.75) is 19.8 Å². The number of hydrogen-bond donors (Lipinski definition) is 2. The molecule has 2 N–H and O–H groups in total. The van der Waals surface area contributed by atoms with Crippen molar-refractivity contribution in [2.24, 2.45) is 5.92 Å². The molecule has 0 saturated carbocycles. The highest BCUT2D eigenvalue weighted by Gasteiger charge is 2.30. The molecule has 2 aromatic rings. The molecule has 22 heavy (non-hydrogen) atoms. The van der Waals surface area contributed by atoms with E-state index in [0.717, 1.165) is 5.52 Å². The number of amides is 2. The molecule has 1 aromatic carbocycles. The first-order chi connectivity index (χ1) is 10.6. The van der Waals surface area contributed by atoms with Crippen LogP contribution in [0.3, 0.4) is 0 Å². The molecule has 1 atom stereocenters. The van der Waals surface area contributed by atoms with Gasteiger partial charge in [0.2, 0.25) is 11.8 Å². The predicted octanol–water partition coefficient (Wildman–Crippen LogP) is 2.69. The number of benzene rings is 1. The Kier molecular flexibility index (Phi) is 3.98. The molecule has 3 rings (SSSR count). The summed E-state index contributed by atoms with van der Waals surface area (Å²) in [5, 5.41) is 2.88. The van der Waals surface area contributed by atoms with Gasteiger partial charge in [-0.1, -0.05) is 6.92 Å². The molecule has 2 amide bonds. The third-order valence-electron chi connectivity index (χ3n) is 3.90. The fourth-order valence-electron chi connectivity index (χ4n) is 2.69. The predicted molar refractivity (Wildman–Crippen MR) is 85.0 cm³/mol. The molecule has 116 valence electrons. The van der Waals surface area contributed by atoms with Crippen LogP contribution in [0.15, 0.2) is 22.6 Å². The zero-order chi connectivity index (χ0) is 15.7. The van der Waals surface area contributed by atoms with Crippen molar-refractivity contribution in [2.75, 3.05) is 18.4 Å². The molecule has 0 aliphatic carbocycles. The fourth-order valence-corrected chi connectivity index (χ4v) is 2.89. The molecule has 7 heteroatoms. The summed E-state index contributed by atoms with van der Waals surface area (Å²) in [6.07, 6.45) is 1.17. The Labute approximate surface area is 132 Å². The lowest BCUT2D eigenvalue weighted by Gasteiger charge is -2.15. The molecule has 1 aliphatic heterocycles. The van der Waals surface area contributed by atoms with Crippen molar-refractivity contribution < 1.29 is 14.0 Å². The lowest BCUT2D eigenvalue weighted by molar-refractivity contribution is -0.130. The van der Waals surface area contributed by atoms with Crippen molar-refractivity contribution in [1.82, 2.24) is 9.88 Å². The van der Waals surface area contributed by atoms with Crippen LogP contribution in [0.5, 0.6) is 0 Å². The number of nitrogens with zero attached hydrogens (tertiary/aromatic N) is 1. The Morgan fingerprint density at radius 2 is 2.32 bits per heavy atom. The van der Waals surface area contributed by atoms with Gasteiger partial charge in [0.1, 0.15) is 0 Å². The van der Waals surface area contributed by atoms with Crippen LogP contribution in [0, 0.1) is 10.8 Å². The number of rotatable bonds is 3. The van der Waals surface area contributed by atoms with Crippen LogP contribution in [-0.4, -0.2) is 34.8 Å². The minimum absolute atomic E-state index is 0.0696. The van der Waals surface area contributed by atoms with E-state index in [9.17, 15) is 9.59 Å². The van der Waals surface area contributed by atoms with E-state index in [2.05, 4.69) is 10.3 Å². The largest absolute Gasteiger partial charge is 0.429 e. The van der Waals surface area contributed by atoms with E-state index >= 15 is 0 Å². The van der Waals surface area contributed by atoms with Crippen molar-refractivity contribution >= 4 is 40.8 Å². The lowest BCUT2D eigenvalue weighted by atomic mass is 10.1. The number of aromatic nitrogens is 1. The lowest BCUT2D eigenvalue weighted by Crippen LogP contribution is -2.30. The van der Waals surface area contributed by atoms with Crippen molar-refractivity contribution in [3.05, 3.63) is 23.0 Å². The molecule has 1 aliphatic rings. The van der Waals surface area contributed by atoms with Gasteiger partial charge in [0.25, 0.3) is 4.84 Å². The number of anilines is 1. The Hall–Kier alpha value is -2.15. The quantitative estimate of drug-likeness (QED) is 0.853. The van der Waals surface area contributed by atoms with Crippen molar-refractivity contribution in [1.29, 1.82) is 0 Å². The first kappa shape index (κ1) is 14.8. The zero-order valence-corrected chi connectivity index (χ0v) is 13.0. The molecule has 0 radical (unpaired) electrons. The van der Waals surface area contributed by atoms with E-state index in [-0.39, 0.29) is 17.7 Å². The standard InChI is InChI=1S/C15H17N3O3S/c1-2-13(19)18-6-5-9(8-18)14(20)16-10-3-4-11-12(7-10)21-15(22)17-11/h3-4,7,9H,2,5-6,8H2,1H3,(H,16,20)(H,17,22)/t9-/m0/s1. The highest BCUT2D eigenvalue weighted by molar-refractivity contribution is 7.71. The molecular formula is C15H17N3O3S. The number of fused-ring (bicyclic) bond motifs is 1. The monoisotopic (exact) mass is 319 g/mol. The van der Waals surface area contributed by atoms with E-state index in [1.165, 1.54) is 0 Å². The van der Waals surface area contributed by atoms with Crippen LogP contribution < -0.4 is 5.32 Å². The third kappa shape index (κ3) is 2.89. The van der Waals surface area contributed by atoms with E-state index in [1.807, 2.05) is 13.0 Å². The summed E-state index contributed by atoms with van der Waals surface area (Å²) in [5.74, 6) is -0.135. The second kappa shape index (κ2) is 5.92. The van der Waals surface area contributed by atoms with Crippen LogP contribution in [0.25, 0.3) is 11.1 Å². The molecule has 0 bridgehead atoms. The van der Waals surface area contributed by atoms with Gasteiger partial charge in [0.05, 0.1) is 11.4 Å². The second-order valence-corrected chi connectivity index (χ2v) is 5.76. The molecular weight excluding hydrogens is 302 g/mol. The highest BCUT2D eigenvalue weighted by atomic mass is 32.1. The minimum Gasteiger partial charge on any atom is -0.429 e. The van der Waals surface area contributed by atoms with Gasteiger partial charge in [-0.05, 0) is 30.8 Å². The number of H-pyrrole nitrogens is 1. The van der Waals surface area contributed by atoms with E-state index in [0.29, 0.717) is 42.0 Å². The summed E-state index contributed by atoms with van der Waals surface area (Å²) < 4.78 is 5.33. The van der Waals surface area contributed by atoms with Crippen molar-refractivity contribution in [3.8, 4) is 0 Å². The Balaban J connectivity index is 1.68. The molecule has 2 heterocycles. The van der Waals surface area contributed by atoms with Gasteiger partial charge in [0, 0.05) is 31.3 Å². The first-order valence-electron chi connectivity index (χ1n) is 7.28. The average molecular weight is 319 g/mol. The van der Waals surface area contributed by atoms with Gasteiger partial charge in [-0.25, -0.2) is 0 Å². The van der Waals surface area contributed by atoms with Gasteiger partial charge in [0.15, 0.2) is 5.58 Å². The normalized spacial score (nSPS) is 17.9. The zero-order valence-electron chi connectivity index (χ0n) is 12.2. The number of aromatic amines is 1. The number of hydrogen-bond acceptors (Lipinski definition) is 4. The topological polar surface area (TPSA) is 78.3 Å². The van der Waals surface area contributed by atoms with Gasteiger partial charge in [-0.3, -0.25) is 9.59 Å². The molecule has 0 unspecified atom stereocenters. The number of likely N-dealkylation sites (tertiary alicyclic amines) is 1. The SMILES string of the molecule is CCC(=O)N1CC[C@H](C(=O)Nc2ccc3[nH]c(=S)oc3c2)C1. The first-order valence-corrected chi connectivity index (χ1v) is 7.69. The van der Waals surface area contributed by atoms with Crippen LogP contribution in [-0.2, 0) is 9.59 Å². The maximum absolute atomic E-state index is 12.3. The minimum atomic E-state index is -0.163. The molecule has 6 nitrogen and oxygen atoms in total. The van der Waals surface area contributed by atoms with Crippen LogP contribution in [0.2, 0.25) is 0 Å². The highest BCUT2D eigenvalue weighted by Crippen LogP contribution is 2.22. The average Bonchev–Trinajstić information content (AvgIpc) is 3.11. The molecule has 1 fully saturated rings. The number of carbonyl (C=O) groups is 2. The van der Waals surface area contributed by atoms with Gasteiger partial charge in [-0.15, -0.1) is 0 Å². The maximum Gasteiger partial charge on any atom is 0.266 e. The third-order valence-corrected chi connectivity index (χ3v) is 4.09. The van der Waals surface area contributed by atoms with Crippen LogP contribution in [0.1, 0.15) is 19.8 Å². The smallest absolute Gasteiger partial charge is 0.266 e. The van der Waals surface area contributed by atoms with Crippen molar-refractivity contribution in [3.63, 3.8) is 0 Å².